The number of rotatable bonds is 8. The average Bonchev–Trinajstić information content (AvgIpc) is 2.22. The van der Waals surface area contributed by atoms with Crippen LogP contribution in [0.2, 0.25) is 0 Å². The predicted octanol–water partition coefficient (Wildman–Crippen LogP) is 2.46. The Morgan fingerprint density at radius 2 is 1.83 bits per heavy atom. The molecule has 0 fully saturated rings. The third-order valence-corrected chi connectivity index (χ3v) is 2.74. The fourth-order valence-electron chi connectivity index (χ4n) is 1.73. The summed E-state index contributed by atoms with van der Waals surface area (Å²) in [6.07, 6.45) is 3.15. The van der Waals surface area contributed by atoms with Gasteiger partial charge < -0.3 is 15.3 Å². The quantitative estimate of drug-likeness (QED) is 0.657. The Hall–Kier alpha value is -1.26. The van der Waals surface area contributed by atoms with Gasteiger partial charge in [-0.2, -0.15) is 0 Å². The van der Waals surface area contributed by atoms with Gasteiger partial charge in [0.25, 0.3) is 0 Å². The zero-order chi connectivity index (χ0) is 14.1. The van der Waals surface area contributed by atoms with Crippen LogP contribution in [0.3, 0.4) is 0 Å². The van der Waals surface area contributed by atoms with E-state index in [1.807, 2.05) is 13.8 Å². The number of aliphatic carboxylic acids is 1. The summed E-state index contributed by atoms with van der Waals surface area (Å²) >= 11 is 0. The molecule has 0 aliphatic heterocycles. The highest BCUT2D eigenvalue weighted by molar-refractivity contribution is 5.76. The van der Waals surface area contributed by atoms with E-state index in [4.69, 9.17) is 5.11 Å². The van der Waals surface area contributed by atoms with E-state index in [-0.39, 0.29) is 24.5 Å². The van der Waals surface area contributed by atoms with Gasteiger partial charge in [-0.05, 0) is 27.2 Å². The van der Waals surface area contributed by atoms with Crippen LogP contribution in [0.25, 0.3) is 0 Å². The van der Waals surface area contributed by atoms with E-state index < -0.39 is 5.97 Å². The Morgan fingerprint density at radius 3 is 2.28 bits per heavy atom. The Morgan fingerprint density at radius 1 is 1.22 bits per heavy atom. The highest BCUT2D eigenvalue weighted by Crippen LogP contribution is 2.05. The second kappa shape index (κ2) is 8.78. The van der Waals surface area contributed by atoms with Crippen LogP contribution in [0.15, 0.2) is 0 Å². The largest absolute Gasteiger partial charge is 0.481 e. The van der Waals surface area contributed by atoms with Crippen LogP contribution in [-0.2, 0) is 4.79 Å². The topological polar surface area (TPSA) is 69.6 Å². The Bertz CT molecular complexity index is 267. The minimum absolute atomic E-state index is 0.0490. The van der Waals surface area contributed by atoms with Gasteiger partial charge in [0.05, 0.1) is 6.42 Å². The molecule has 0 radical (unpaired) electrons. The maximum atomic E-state index is 12.0. The molecule has 5 nitrogen and oxygen atoms in total. The second-order valence-electron chi connectivity index (χ2n) is 4.94. The van der Waals surface area contributed by atoms with E-state index in [2.05, 4.69) is 12.2 Å². The third kappa shape index (κ3) is 7.14. The second-order valence-corrected chi connectivity index (χ2v) is 4.94. The SMILES string of the molecule is CCCCCN(C(=O)NC(C)CC(=O)O)C(C)C. The van der Waals surface area contributed by atoms with E-state index in [9.17, 15) is 9.59 Å². The van der Waals surface area contributed by atoms with Crippen molar-refractivity contribution in [2.45, 2.75) is 65.5 Å². The van der Waals surface area contributed by atoms with Gasteiger partial charge in [-0.15, -0.1) is 0 Å². The number of hydrogen-bond acceptors (Lipinski definition) is 2. The summed E-state index contributed by atoms with van der Waals surface area (Å²) in [7, 11) is 0. The summed E-state index contributed by atoms with van der Waals surface area (Å²) in [6, 6.07) is -0.392. The van der Waals surface area contributed by atoms with Gasteiger partial charge in [-0.3, -0.25) is 4.79 Å². The molecule has 2 N–H and O–H groups in total. The van der Waals surface area contributed by atoms with Crippen molar-refractivity contribution in [3.8, 4) is 0 Å². The van der Waals surface area contributed by atoms with Crippen molar-refractivity contribution < 1.29 is 14.7 Å². The molecule has 0 spiro atoms. The number of carbonyl (C=O) groups excluding carboxylic acids is 1. The fraction of sp³-hybridized carbons (Fsp3) is 0.846. The van der Waals surface area contributed by atoms with Crippen molar-refractivity contribution in [3.63, 3.8) is 0 Å². The van der Waals surface area contributed by atoms with Gasteiger partial charge in [-0.1, -0.05) is 19.8 Å². The number of urea groups is 1. The number of unbranched alkanes of at least 4 members (excludes halogenated alkanes) is 2. The van der Waals surface area contributed by atoms with Crippen molar-refractivity contribution >= 4 is 12.0 Å². The normalized spacial score (nSPS) is 12.3. The number of amides is 2. The van der Waals surface area contributed by atoms with E-state index in [0.29, 0.717) is 0 Å². The molecule has 0 aliphatic carbocycles. The smallest absolute Gasteiger partial charge is 0.317 e. The molecule has 0 aliphatic rings. The first-order chi connectivity index (χ1) is 8.38. The highest BCUT2D eigenvalue weighted by atomic mass is 16.4. The first-order valence-electron chi connectivity index (χ1n) is 6.67. The molecule has 0 aromatic carbocycles. The van der Waals surface area contributed by atoms with Gasteiger partial charge in [0, 0.05) is 18.6 Å². The molecule has 0 aromatic rings. The van der Waals surface area contributed by atoms with Crippen LogP contribution < -0.4 is 5.32 Å². The molecule has 106 valence electrons. The van der Waals surface area contributed by atoms with E-state index in [1.54, 1.807) is 11.8 Å². The van der Waals surface area contributed by atoms with E-state index >= 15 is 0 Å². The van der Waals surface area contributed by atoms with Crippen molar-refractivity contribution in [2.24, 2.45) is 0 Å². The van der Waals surface area contributed by atoms with Gasteiger partial charge in [0.1, 0.15) is 0 Å². The van der Waals surface area contributed by atoms with Gasteiger partial charge >= 0.3 is 12.0 Å². The van der Waals surface area contributed by atoms with Crippen molar-refractivity contribution in [1.82, 2.24) is 10.2 Å². The molecule has 0 bridgehead atoms. The number of carbonyl (C=O) groups is 2. The number of nitrogens with one attached hydrogen (secondary N) is 1. The monoisotopic (exact) mass is 258 g/mol. The molecule has 0 saturated heterocycles. The minimum atomic E-state index is -0.898. The molecule has 0 rings (SSSR count). The van der Waals surface area contributed by atoms with Gasteiger partial charge in [0.15, 0.2) is 0 Å². The van der Waals surface area contributed by atoms with Gasteiger partial charge in [0.2, 0.25) is 0 Å². The molecule has 0 heterocycles. The van der Waals surface area contributed by atoms with Crippen LogP contribution in [0.1, 0.15) is 53.4 Å². The summed E-state index contributed by atoms with van der Waals surface area (Å²) in [5, 5.41) is 11.4. The fourth-order valence-corrected chi connectivity index (χ4v) is 1.73. The van der Waals surface area contributed by atoms with Crippen LogP contribution in [0, 0.1) is 0 Å². The van der Waals surface area contributed by atoms with Crippen molar-refractivity contribution in [3.05, 3.63) is 0 Å². The Labute approximate surface area is 110 Å². The minimum Gasteiger partial charge on any atom is -0.481 e. The van der Waals surface area contributed by atoms with Crippen LogP contribution in [-0.4, -0.2) is 40.6 Å². The first-order valence-corrected chi connectivity index (χ1v) is 6.67. The molecule has 1 unspecified atom stereocenters. The summed E-state index contributed by atoms with van der Waals surface area (Å²) in [5.74, 6) is -0.898. The lowest BCUT2D eigenvalue weighted by Gasteiger charge is -2.28. The zero-order valence-electron chi connectivity index (χ0n) is 11.9. The summed E-state index contributed by atoms with van der Waals surface area (Å²) in [4.78, 5) is 24.3. The summed E-state index contributed by atoms with van der Waals surface area (Å²) in [5.41, 5.74) is 0. The number of carboxylic acids is 1. The highest BCUT2D eigenvalue weighted by Gasteiger charge is 2.19. The van der Waals surface area contributed by atoms with Crippen LogP contribution in [0.4, 0.5) is 4.79 Å². The molecular formula is C13H26N2O3. The molecule has 0 saturated carbocycles. The zero-order valence-corrected chi connectivity index (χ0v) is 11.9. The number of hydrogen-bond donors (Lipinski definition) is 2. The Balaban J connectivity index is 4.25. The lowest BCUT2D eigenvalue weighted by Crippen LogP contribution is -2.47. The molecule has 5 heteroatoms. The van der Waals surface area contributed by atoms with Crippen LogP contribution in [0.5, 0.6) is 0 Å². The predicted molar refractivity (Wildman–Crippen MR) is 71.6 cm³/mol. The number of carboxylic acid groups (broad SMARTS) is 1. The number of nitrogens with zero attached hydrogens (tertiary/aromatic N) is 1. The maximum Gasteiger partial charge on any atom is 0.317 e. The standard InChI is InChI=1S/C13H26N2O3/c1-5-6-7-8-15(10(2)3)13(18)14-11(4)9-12(16)17/h10-11H,5-9H2,1-4H3,(H,14,18)(H,16,17). The van der Waals surface area contributed by atoms with E-state index in [0.717, 1.165) is 25.8 Å². The molecular weight excluding hydrogens is 232 g/mol. The maximum absolute atomic E-state index is 12.0. The molecule has 2 amide bonds. The lowest BCUT2D eigenvalue weighted by atomic mass is 10.2. The van der Waals surface area contributed by atoms with Crippen molar-refractivity contribution in [2.75, 3.05) is 6.54 Å². The van der Waals surface area contributed by atoms with Crippen LogP contribution >= 0.6 is 0 Å². The Kier molecular flexibility index (Phi) is 8.16. The molecule has 18 heavy (non-hydrogen) atoms. The van der Waals surface area contributed by atoms with E-state index in [1.165, 1.54) is 0 Å². The summed E-state index contributed by atoms with van der Waals surface area (Å²) in [6.45, 7) is 8.48. The molecule has 0 aromatic heterocycles. The molecule has 1 atom stereocenters. The third-order valence-electron chi connectivity index (χ3n) is 2.74. The first kappa shape index (κ1) is 16.7. The lowest BCUT2D eigenvalue weighted by molar-refractivity contribution is -0.137. The average molecular weight is 258 g/mol. The van der Waals surface area contributed by atoms with Crippen molar-refractivity contribution in [1.29, 1.82) is 0 Å². The van der Waals surface area contributed by atoms with Gasteiger partial charge in [-0.25, -0.2) is 4.79 Å². The summed E-state index contributed by atoms with van der Waals surface area (Å²) < 4.78 is 0.